The van der Waals surface area contributed by atoms with Crippen molar-refractivity contribution in [2.45, 2.75) is 26.8 Å². The van der Waals surface area contributed by atoms with Crippen LogP contribution >= 0.6 is 0 Å². The van der Waals surface area contributed by atoms with Gasteiger partial charge in [-0.25, -0.2) is 0 Å². The zero-order valence-corrected chi connectivity index (χ0v) is 13.8. The summed E-state index contributed by atoms with van der Waals surface area (Å²) in [6, 6.07) is 15.6. The molecule has 0 bridgehead atoms. The molecule has 2 aromatic rings. The Hall–Kier alpha value is -1.80. The van der Waals surface area contributed by atoms with Crippen LogP contribution in [-0.4, -0.2) is 20.6 Å². The maximum atomic E-state index is 3.46. The van der Waals surface area contributed by atoms with Crippen LogP contribution < -0.4 is 10.2 Å². The number of nitrogens with one attached hydrogen (secondary N) is 1. The van der Waals surface area contributed by atoms with Gasteiger partial charge in [0.1, 0.15) is 0 Å². The highest BCUT2D eigenvalue weighted by molar-refractivity contribution is 5.52. The molecule has 2 aromatic carbocycles. The molecule has 21 heavy (non-hydrogen) atoms. The van der Waals surface area contributed by atoms with E-state index in [0.717, 1.165) is 6.54 Å². The van der Waals surface area contributed by atoms with Crippen LogP contribution in [0.5, 0.6) is 0 Å². The molecular formula is C19H26N2. The van der Waals surface area contributed by atoms with Gasteiger partial charge < -0.3 is 10.2 Å². The lowest BCUT2D eigenvalue weighted by Gasteiger charge is -2.28. The molecule has 0 aromatic heterocycles. The number of hydrogen-bond acceptors (Lipinski definition) is 2. The first-order valence-corrected chi connectivity index (χ1v) is 7.54. The minimum Gasteiger partial charge on any atom is -0.372 e. The predicted octanol–water partition coefficient (Wildman–Crippen LogP) is 4.01. The molecule has 0 saturated carbocycles. The fourth-order valence-corrected chi connectivity index (χ4v) is 2.84. The molecule has 0 saturated heterocycles. The quantitative estimate of drug-likeness (QED) is 0.891. The van der Waals surface area contributed by atoms with Crippen LogP contribution in [0.1, 0.15) is 28.3 Å². The van der Waals surface area contributed by atoms with E-state index in [0.29, 0.717) is 6.04 Å². The fraction of sp³-hybridized carbons (Fsp3) is 0.368. The Morgan fingerprint density at radius 1 is 1.00 bits per heavy atom. The maximum absolute atomic E-state index is 3.46. The van der Waals surface area contributed by atoms with E-state index in [1.165, 1.54) is 27.9 Å². The molecule has 2 heteroatoms. The summed E-state index contributed by atoms with van der Waals surface area (Å²) in [5, 5.41) is 3.46. The lowest BCUT2D eigenvalue weighted by atomic mass is 9.98. The van der Waals surface area contributed by atoms with Crippen molar-refractivity contribution in [1.29, 1.82) is 0 Å². The van der Waals surface area contributed by atoms with Crippen molar-refractivity contribution in [1.82, 2.24) is 5.32 Å². The minimum absolute atomic E-state index is 0.328. The van der Waals surface area contributed by atoms with Gasteiger partial charge >= 0.3 is 0 Å². The second kappa shape index (κ2) is 6.77. The van der Waals surface area contributed by atoms with Crippen LogP contribution in [0.25, 0.3) is 0 Å². The number of anilines is 1. The molecule has 1 atom stereocenters. The molecule has 0 spiro atoms. The summed E-state index contributed by atoms with van der Waals surface area (Å²) >= 11 is 0. The first-order valence-electron chi connectivity index (χ1n) is 7.54. The molecule has 0 aliphatic rings. The number of rotatable bonds is 5. The number of likely N-dealkylation sites (N-methyl/N-ethyl adjacent to an activating group) is 2. The average molecular weight is 282 g/mol. The Bertz CT molecular complexity index is 604. The number of nitrogens with zero attached hydrogens (tertiary/aromatic N) is 1. The normalized spacial score (nSPS) is 12.2. The van der Waals surface area contributed by atoms with Gasteiger partial charge in [-0.15, -0.1) is 0 Å². The van der Waals surface area contributed by atoms with E-state index in [4.69, 9.17) is 0 Å². The Morgan fingerprint density at radius 2 is 1.71 bits per heavy atom. The number of para-hydroxylation sites is 1. The maximum Gasteiger partial charge on any atom is 0.0498 e. The molecule has 112 valence electrons. The Labute approximate surface area is 128 Å². The largest absolute Gasteiger partial charge is 0.372 e. The Kier molecular flexibility index (Phi) is 5.03. The minimum atomic E-state index is 0.328. The second-order valence-corrected chi connectivity index (χ2v) is 5.87. The summed E-state index contributed by atoms with van der Waals surface area (Å²) in [5.41, 5.74) is 6.66. The summed E-state index contributed by atoms with van der Waals surface area (Å²) < 4.78 is 0. The second-order valence-electron chi connectivity index (χ2n) is 5.87. The van der Waals surface area contributed by atoms with Crippen molar-refractivity contribution in [3.8, 4) is 0 Å². The van der Waals surface area contributed by atoms with Gasteiger partial charge in [0.05, 0.1) is 0 Å². The SMILES string of the molecule is CNC(CN(C)c1ccccc1C)c1cc(C)ccc1C. The third kappa shape index (κ3) is 3.64. The van der Waals surface area contributed by atoms with Crippen molar-refractivity contribution in [3.05, 3.63) is 64.7 Å². The molecule has 1 unspecified atom stereocenters. The predicted molar refractivity (Wildman–Crippen MR) is 92.2 cm³/mol. The third-order valence-corrected chi connectivity index (χ3v) is 4.14. The van der Waals surface area contributed by atoms with Gasteiger partial charge in [-0.05, 0) is 50.6 Å². The average Bonchev–Trinajstić information content (AvgIpc) is 2.47. The van der Waals surface area contributed by atoms with E-state index < -0.39 is 0 Å². The summed E-state index contributed by atoms with van der Waals surface area (Å²) in [6.07, 6.45) is 0. The van der Waals surface area contributed by atoms with Crippen molar-refractivity contribution in [2.75, 3.05) is 25.5 Å². The van der Waals surface area contributed by atoms with Gasteiger partial charge in [-0.2, -0.15) is 0 Å². The van der Waals surface area contributed by atoms with Gasteiger partial charge in [-0.3, -0.25) is 0 Å². The van der Waals surface area contributed by atoms with Gasteiger partial charge in [0.2, 0.25) is 0 Å². The molecule has 0 fully saturated rings. The lowest BCUT2D eigenvalue weighted by molar-refractivity contribution is 0.586. The van der Waals surface area contributed by atoms with Crippen molar-refractivity contribution >= 4 is 5.69 Å². The molecule has 1 N–H and O–H groups in total. The molecular weight excluding hydrogens is 256 g/mol. The zero-order valence-electron chi connectivity index (χ0n) is 13.8. The molecule has 0 amide bonds. The molecule has 2 nitrogen and oxygen atoms in total. The highest BCUT2D eigenvalue weighted by Gasteiger charge is 2.15. The lowest BCUT2D eigenvalue weighted by Crippen LogP contribution is -2.32. The Balaban J connectivity index is 2.23. The van der Waals surface area contributed by atoms with E-state index in [2.05, 4.69) is 80.5 Å². The van der Waals surface area contributed by atoms with E-state index in [1.807, 2.05) is 7.05 Å². The van der Waals surface area contributed by atoms with E-state index in [-0.39, 0.29) is 0 Å². The summed E-state index contributed by atoms with van der Waals surface area (Å²) in [4.78, 5) is 2.33. The van der Waals surface area contributed by atoms with Gasteiger partial charge in [0.15, 0.2) is 0 Å². The molecule has 0 heterocycles. The van der Waals surface area contributed by atoms with Crippen LogP contribution in [0.4, 0.5) is 5.69 Å². The number of hydrogen-bond donors (Lipinski definition) is 1. The molecule has 0 radical (unpaired) electrons. The van der Waals surface area contributed by atoms with Crippen molar-refractivity contribution in [3.63, 3.8) is 0 Å². The van der Waals surface area contributed by atoms with E-state index in [9.17, 15) is 0 Å². The summed E-state index contributed by atoms with van der Waals surface area (Å²) in [6.45, 7) is 7.46. The van der Waals surface area contributed by atoms with Crippen LogP contribution in [0.2, 0.25) is 0 Å². The van der Waals surface area contributed by atoms with E-state index >= 15 is 0 Å². The first kappa shape index (κ1) is 15.6. The standard InChI is InChI=1S/C19H26N2/c1-14-10-11-15(2)17(12-14)18(20-4)13-21(5)19-9-7-6-8-16(19)3/h6-12,18,20H,13H2,1-5H3. The van der Waals surface area contributed by atoms with Crippen molar-refractivity contribution < 1.29 is 0 Å². The van der Waals surface area contributed by atoms with Crippen LogP contribution in [-0.2, 0) is 0 Å². The van der Waals surface area contributed by atoms with Gasteiger partial charge in [0.25, 0.3) is 0 Å². The van der Waals surface area contributed by atoms with Crippen LogP contribution in [0.15, 0.2) is 42.5 Å². The van der Waals surface area contributed by atoms with Crippen LogP contribution in [0, 0.1) is 20.8 Å². The van der Waals surface area contributed by atoms with Crippen molar-refractivity contribution in [2.24, 2.45) is 0 Å². The monoisotopic (exact) mass is 282 g/mol. The van der Waals surface area contributed by atoms with Crippen LogP contribution in [0.3, 0.4) is 0 Å². The zero-order chi connectivity index (χ0) is 15.4. The molecule has 0 aliphatic carbocycles. The Morgan fingerprint density at radius 3 is 2.38 bits per heavy atom. The highest BCUT2D eigenvalue weighted by Crippen LogP contribution is 2.24. The molecule has 2 rings (SSSR count). The molecule has 0 aliphatic heterocycles. The first-order chi connectivity index (χ1) is 10.0. The summed E-state index contributed by atoms with van der Waals surface area (Å²) in [7, 11) is 4.20. The van der Waals surface area contributed by atoms with E-state index in [1.54, 1.807) is 0 Å². The number of aryl methyl sites for hydroxylation is 3. The van der Waals surface area contributed by atoms with Gasteiger partial charge in [0, 0.05) is 25.3 Å². The third-order valence-electron chi connectivity index (χ3n) is 4.14. The summed E-state index contributed by atoms with van der Waals surface area (Å²) in [5.74, 6) is 0. The highest BCUT2D eigenvalue weighted by atomic mass is 15.1. The smallest absolute Gasteiger partial charge is 0.0498 e. The topological polar surface area (TPSA) is 15.3 Å². The van der Waals surface area contributed by atoms with Gasteiger partial charge in [-0.1, -0.05) is 42.0 Å². The fourth-order valence-electron chi connectivity index (χ4n) is 2.84. The number of benzene rings is 2.